The zero-order valence-corrected chi connectivity index (χ0v) is 10.4. The van der Waals surface area contributed by atoms with Gasteiger partial charge in [0.1, 0.15) is 5.83 Å². The molecule has 0 aliphatic heterocycles. The third-order valence-corrected chi connectivity index (χ3v) is 2.80. The summed E-state index contributed by atoms with van der Waals surface area (Å²) in [6, 6.07) is 1.71. The Morgan fingerprint density at radius 3 is 2.94 bits per heavy atom. The molecular weight excluding hydrogens is 233 g/mol. The van der Waals surface area contributed by atoms with Crippen molar-refractivity contribution >= 4 is 5.69 Å². The highest BCUT2D eigenvalue weighted by atomic mass is 19.1. The number of aryl methyl sites for hydroxylation is 1. The number of nitrogens with two attached hydrogens (primary N) is 1. The molecule has 0 saturated carbocycles. The number of allylic oxidation sites excluding steroid dienone is 3. The molecule has 1 unspecified atom stereocenters. The first-order valence-electron chi connectivity index (χ1n) is 5.78. The van der Waals surface area contributed by atoms with Gasteiger partial charge in [-0.25, -0.2) is 9.37 Å². The fourth-order valence-electron chi connectivity index (χ4n) is 1.73. The number of ether oxygens (including phenoxy) is 1. The maximum atomic E-state index is 13.7. The van der Waals surface area contributed by atoms with E-state index in [4.69, 9.17) is 10.6 Å². The minimum absolute atomic E-state index is 0.205. The molecule has 0 radical (unpaired) electrons. The van der Waals surface area contributed by atoms with E-state index in [9.17, 15) is 4.39 Å². The minimum Gasteiger partial charge on any atom is -0.436 e. The number of pyridine rings is 1. The van der Waals surface area contributed by atoms with E-state index >= 15 is 0 Å². The lowest BCUT2D eigenvalue weighted by Crippen LogP contribution is -2.09. The first-order valence-corrected chi connectivity index (χ1v) is 5.78. The second-order valence-electron chi connectivity index (χ2n) is 4.39. The second-order valence-corrected chi connectivity index (χ2v) is 4.39. The van der Waals surface area contributed by atoms with Crippen molar-refractivity contribution in [2.24, 2.45) is 11.8 Å². The lowest BCUT2D eigenvalue weighted by Gasteiger charge is -2.15. The second kappa shape index (κ2) is 5.18. The van der Waals surface area contributed by atoms with Crippen molar-refractivity contribution in [3.8, 4) is 5.88 Å². The molecular formula is C13H16FN3O. The van der Waals surface area contributed by atoms with E-state index in [-0.39, 0.29) is 17.5 Å². The summed E-state index contributed by atoms with van der Waals surface area (Å²) < 4.78 is 19.1. The number of rotatable bonds is 3. The third-order valence-electron chi connectivity index (χ3n) is 2.80. The normalized spacial score (nSPS) is 19.0. The average molecular weight is 249 g/mol. The van der Waals surface area contributed by atoms with Crippen LogP contribution in [0.1, 0.15) is 18.9 Å². The van der Waals surface area contributed by atoms with Gasteiger partial charge in [-0.1, -0.05) is 13.0 Å². The van der Waals surface area contributed by atoms with Gasteiger partial charge in [-0.3, -0.25) is 5.84 Å². The van der Waals surface area contributed by atoms with Crippen LogP contribution in [0.2, 0.25) is 0 Å². The molecule has 96 valence electrons. The fraction of sp³-hybridized carbons (Fsp3) is 0.308. The van der Waals surface area contributed by atoms with E-state index in [1.165, 1.54) is 0 Å². The Morgan fingerprint density at radius 1 is 1.56 bits per heavy atom. The molecule has 5 heteroatoms. The number of halogens is 1. The van der Waals surface area contributed by atoms with Gasteiger partial charge in [-0.05, 0) is 24.5 Å². The van der Waals surface area contributed by atoms with Crippen LogP contribution < -0.4 is 16.0 Å². The Bertz CT molecular complexity index is 511. The number of anilines is 1. The molecule has 1 aliphatic carbocycles. The van der Waals surface area contributed by atoms with Crippen LogP contribution in [0.3, 0.4) is 0 Å². The predicted octanol–water partition coefficient (Wildman–Crippen LogP) is 2.83. The SMILES string of the molecule is Cc1cc(OC2=C(F)CC(C)C=C2)ncc1NN. The maximum absolute atomic E-state index is 13.7. The largest absolute Gasteiger partial charge is 0.436 e. The van der Waals surface area contributed by atoms with Gasteiger partial charge in [0, 0.05) is 12.5 Å². The summed E-state index contributed by atoms with van der Waals surface area (Å²) in [4.78, 5) is 4.06. The summed E-state index contributed by atoms with van der Waals surface area (Å²) in [7, 11) is 0. The van der Waals surface area contributed by atoms with Crippen molar-refractivity contribution in [2.75, 3.05) is 5.43 Å². The van der Waals surface area contributed by atoms with Crippen LogP contribution in [0.15, 0.2) is 36.0 Å². The molecule has 1 aromatic heterocycles. The number of hydrogen-bond donors (Lipinski definition) is 2. The van der Waals surface area contributed by atoms with Gasteiger partial charge < -0.3 is 10.2 Å². The van der Waals surface area contributed by atoms with E-state index in [1.807, 2.05) is 19.9 Å². The molecule has 0 bridgehead atoms. The first-order chi connectivity index (χ1) is 8.60. The van der Waals surface area contributed by atoms with Crippen LogP contribution in [-0.2, 0) is 0 Å². The highest BCUT2D eigenvalue weighted by molar-refractivity contribution is 5.49. The van der Waals surface area contributed by atoms with E-state index in [1.54, 1.807) is 18.3 Å². The Balaban J connectivity index is 2.17. The molecule has 0 spiro atoms. The molecule has 2 rings (SSSR count). The molecule has 0 saturated heterocycles. The van der Waals surface area contributed by atoms with Gasteiger partial charge >= 0.3 is 0 Å². The molecule has 0 aromatic carbocycles. The predicted molar refractivity (Wildman–Crippen MR) is 68.5 cm³/mol. The molecule has 1 aliphatic rings. The van der Waals surface area contributed by atoms with Crippen LogP contribution in [0, 0.1) is 12.8 Å². The Labute approximate surface area is 105 Å². The minimum atomic E-state index is -0.245. The van der Waals surface area contributed by atoms with E-state index in [0.717, 1.165) is 5.56 Å². The fourth-order valence-corrected chi connectivity index (χ4v) is 1.73. The standard InChI is InChI=1S/C13H16FN3O/c1-8-3-4-12(10(14)5-8)18-13-6-9(2)11(17-15)7-16-13/h3-4,6-8,17H,5,15H2,1-2H3. The summed E-state index contributed by atoms with van der Waals surface area (Å²) in [6.07, 6.45) is 5.49. The molecule has 3 N–H and O–H groups in total. The van der Waals surface area contributed by atoms with Crippen LogP contribution in [0.4, 0.5) is 10.1 Å². The van der Waals surface area contributed by atoms with Crippen molar-refractivity contribution in [3.63, 3.8) is 0 Å². The first kappa shape index (κ1) is 12.6. The Morgan fingerprint density at radius 2 is 2.33 bits per heavy atom. The van der Waals surface area contributed by atoms with Crippen molar-refractivity contribution in [1.82, 2.24) is 4.98 Å². The Kier molecular flexibility index (Phi) is 3.62. The van der Waals surface area contributed by atoms with Crippen molar-refractivity contribution in [1.29, 1.82) is 0 Å². The number of aromatic nitrogens is 1. The van der Waals surface area contributed by atoms with Gasteiger partial charge in [-0.15, -0.1) is 0 Å². The van der Waals surface area contributed by atoms with E-state index in [2.05, 4.69) is 10.4 Å². The topological polar surface area (TPSA) is 60.2 Å². The van der Waals surface area contributed by atoms with Crippen molar-refractivity contribution in [3.05, 3.63) is 41.6 Å². The van der Waals surface area contributed by atoms with Crippen LogP contribution in [-0.4, -0.2) is 4.98 Å². The number of nitrogens with zero attached hydrogens (tertiary/aromatic N) is 1. The van der Waals surface area contributed by atoms with Crippen molar-refractivity contribution in [2.45, 2.75) is 20.3 Å². The monoisotopic (exact) mass is 249 g/mol. The van der Waals surface area contributed by atoms with Gasteiger partial charge in [-0.2, -0.15) is 0 Å². The zero-order valence-electron chi connectivity index (χ0n) is 10.4. The third kappa shape index (κ3) is 2.68. The summed E-state index contributed by atoms with van der Waals surface area (Å²) in [5.74, 6) is 5.86. The highest BCUT2D eigenvalue weighted by Crippen LogP contribution is 2.27. The van der Waals surface area contributed by atoms with Gasteiger partial charge in [0.2, 0.25) is 5.88 Å². The zero-order chi connectivity index (χ0) is 13.1. The van der Waals surface area contributed by atoms with Crippen LogP contribution in [0.5, 0.6) is 5.88 Å². The van der Waals surface area contributed by atoms with Crippen LogP contribution in [0.25, 0.3) is 0 Å². The molecule has 1 aromatic rings. The number of hydrazine groups is 1. The number of nitrogens with one attached hydrogen (secondary N) is 1. The lowest BCUT2D eigenvalue weighted by atomic mass is 10.0. The summed E-state index contributed by atoms with van der Waals surface area (Å²) in [6.45, 7) is 3.82. The lowest BCUT2D eigenvalue weighted by molar-refractivity contribution is 0.378. The van der Waals surface area contributed by atoms with Gasteiger partial charge in [0.05, 0.1) is 11.9 Å². The quantitative estimate of drug-likeness (QED) is 0.638. The maximum Gasteiger partial charge on any atom is 0.219 e. The number of nitrogen functional groups attached to an aromatic ring is 1. The van der Waals surface area contributed by atoms with E-state index in [0.29, 0.717) is 18.0 Å². The smallest absolute Gasteiger partial charge is 0.219 e. The molecule has 0 fully saturated rings. The molecule has 1 heterocycles. The molecule has 0 amide bonds. The molecule has 18 heavy (non-hydrogen) atoms. The summed E-state index contributed by atoms with van der Waals surface area (Å²) >= 11 is 0. The molecule has 1 atom stereocenters. The summed E-state index contributed by atoms with van der Waals surface area (Å²) in [5, 5.41) is 0. The average Bonchev–Trinajstić information content (AvgIpc) is 2.33. The van der Waals surface area contributed by atoms with Crippen molar-refractivity contribution < 1.29 is 9.13 Å². The number of hydrogen-bond acceptors (Lipinski definition) is 4. The van der Waals surface area contributed by atoms with E-state index < -0.39 is 0 Å². The highest BCUT2D eigenvalue weighted by Gasteiger charge is 2.15. The molecule has 4 nitrogen and oxygen atoms in total. The van der Waals surface area contributed by atoms with Gasteiger partial charge in [0.15, 0.2) is 5.76 Å². The summed E-state index contributed by atoms with van der Waals surface area (Å²) in [5.41, 5.74) is 4.12. The van der Waals surface area contributed by atoms with Gasteiger partial charge in [0.25, 0.3) is 0 Å². The Hall–Kier alpha value is -1.88. The van der Waals surface area contributed by atoms with Crippen LogP contribution >= 0.6 is 0 Å².